The molecule has 0 atom stereocenters. The van der Waals surface area contributed by atoms with Crippen LogP contribution < -0.4 is 10.6 Å². The van der Waals surface area contributed by atoms with Crippen molar-refractivity contribution in [2.24, 2.45) is 0 Å². The van der Waals surface area contributed by atoms with E-state index in [1.165, 1.54) is 11.1 Å². The number of para-hydroxylation sites is 1. The first-order chi connectivity index (χ1) is 12.8. The molecule has 0 fully saturated rings. The molecule has 0 bridgehead atoms. The van der Waals surface area contributed by atoms with Gasteiger partial charge in [-0.2, -0.15) is 0 Å². The maximum absolute atomic E-state index is 12.4. The van der Waals surface area contributed by atoms with Crippen molar-refractivity contribution in [2.75, 3.05) is 32.5 Å². The number of hydrogen-bond donors (Lipinski definition) is 2. The van der Waals surface area contributed by atoms with Crippen LogP contribution in [0.2, 0.25) is 0 Å². The predicted molar refractivity (Wildman–Crippen MR) is 113 cm³/mol. The second kappa shape index (κ2) is 9.51. The number of amides is 1. The molecule has 1 heterocycles. The molecule has 2 aromatic rings. The van der Waals surface area contributed by atoms with Crippen LogP contribution in [-0.2, 0) is 0 Å². The summed E-state index contributed by atoms with van der Waals surface area (Å²) < 4.78 is 0. The third kappa shape index (κ3) is 5.79. The third-order valence-electron chi connectivity index (χ3n) is 4.49. The van der Waals surface area contributed by atoms with Crippen LogP contribution in [0, 0.1) is 0 Å². The lowest BCUT2D eigenvalue weighted by Crippen LogP contribution is -2.31. The van der Waals surface area contributed by atoms with Crippen LogP contribution in [0.25, 0.3) is 0 Å². The average molecular weight is 369 g/mol. The van der Waals surface area contributed by atoms with E-state index in [1.807, 2.05) is 25.1 Å². The number of carbonyl (C=O) groups is 1. The lowest BCUT2D eigenvalue weighted by molar-refractivity contribution is 0.0951. The Balaban J connectivity index is 2.25. The van der Waals surface area contributed by atoms with Crippen LogP contribution in [0.15, 0.2) is 36.5 Å². The lowest BCUT2D eigenvalue weighted by Gasteiger charge is -2.20. The van der Waals surface area contributed by atoms with Gasteiger partial charge in [0.2, 0.25) is 0 Å². The summed E-state index contributed by atoms with van der Waals surface area (Å²) in [6.45, 7) is 10.2. The van der Waals surface area contributed by atoms with Gasteiger partial charge >= 0.3 is 0 Å². The van der Waals surface area contributed by atoms with E-state index in [0.29, 0.717) is 29.8 Å². The van der Waals surface area contributed by atoms with Crippen molar-refractivity contribution in [3.63, 3.8) is 0 Å². The number of rotatable bonds is 8. The van der Waals surface area contributed by atoms with Crippen LogP contribution >= 0.6 is 0 Å². The number of benzene rings is 1. The molecule has 0 aliphatic rings. The molecule has 1 aromatic heterocycles. The summed E-state index contributed by atoms with van der Waals surface area (Å²) in [5.74, 6) is 1.39. The summed E-state index contributed by atoms with van der Waals surface area (Å²) in [6.07, 6.45) is 1.68. The molecule has 27 heavy (non-hydrogen) atoms. The maximum Gasteiger partial charge on any atom is 0.251 e. The van der Waals surface area contributed by atoms with Crippen molar-refractivity contribution >= 4 is 17.4 Å². The van der Waals surface area contributed by atoms with Crippen LogP contribution in [0.3, 0.4) is 0 Å². The number of nitrogens with one attached hydrogen (secondary N) is 2. The van der Waals surface area contributed by atoms with Gasteiger partial charge in [-0.1, -0.05) is 45.9 Å². The molecule has 5 nitrogen and oxygen atoms in total. The van der Waals surface area contributed by atoms with E-state index in [9.17, 15) is 4.79 Å². The minimum Gasteiger partial charge on any atom is -0.351 e. The highest BCUT2D eigenvalue weighted by Gasteiger charge is 2.15. The molecule has 5 heteroatoms. The van der Waals surface area contributed by atoms with Crippen molar-refractivity contribution in [1.82, 2.24) is 15.2 Å². The third-order valence-corrected chi connectivity index (χ3v) is 4.49. The first kappa shape index (κ1) is 20.9. The molecule has 0 aliphatic carbocycles. The van der Waals surface area contributed by atoms with Crippen LogP contribution in [0.5, 0.6) is 0 Å². The Hall–Kier alpha value is -2.40. The summed E-state index contributed by atoms with van der Waals surface area (Å²) in [5, 5.41) is 6.42. The maximum atomic E-state index is 12.4. The Labute approximate surface area is 163 Å². The van der Waals surface area contributed by atoms with Crippen molar-refractivity contribution in [1.29, 1.82) is 0 Å². The van der Waals surface area contributed by atoms with Crippen molar-refractivity contribution in [2.45, 2.75) is 39.5 Å². The van der Waals surface area contributed by atoms with Gasteiger partial charge in [-0.3, -0.25) is 4.79 Å². The standard InChI is InChI=1S/C22H32N4O/c1-15(2)18-8-7-9-19(16(3)4)21(18)25-20-14-17(10-11-23-20)22(27)24-12-13-26(5)6/h7-11,14-16H,12-13H2,1-6H3,(H,23,25)(H,24,27). The number of hydrogen-bond acceptors (Lipinski definition) is 4. The van der Waals surface area contributed by atoms with Gasteiger partial charge in [0, 0.05) is 30.5 Å². The van der Waals surface area contributed by atoms with Gasteiger partial charge < -0.3 is 15.5 Å². The SMILES string of the molecule is CC(C)c1cccc(C(C)C)c1Nc1cc(C(=O)NCCN(C)C)ccn1. The molecule has 0 aliphatic heterocycles. The number of carbonyl (C=O) groups excluding carboxylic acids is 1. The van der Waals surface area contributed by atoms with Gasteiger partial charge in [0.1, 0.15) is 5.82 Å². The van der Waals surface area contributed by atoms with Crippen molar-refractivity contribution < 1.29 is 4.79 Å². The van der Waals surface area contributed by atoms with Gasteiger partial charge in [0.15, 0.2) is 0 Å². The zero-order valence-corrected chi connectivity index (χ0v) is 17.3. The van der Waals surface area contributed by atoms with Gasteiger partial charge in [-0.05, 0) is 49.2 Å². The summed E-state index contributed by atoms with van der Waals surface area (Å²) in [4.78, 5) is 18.9. The Morgan fingerprint density at radius 3 is 2.26 bits per heavy atom. The smallest absolute Gasteiger partial charge is 0.251 e. The Bertz CT molecular complexity index is 742. The molecule has 1 amide bonds. The summed E-state index contributed by atoms with van der Waals surface area (Å²) in [6, 6.07) is 9.96. The van der Waals surface area contributed by atoms with Crippen LogP contribution in [0.1, 0.15) is 61.0 Å². The Kier molecular flexibility index (Phi) is 7.36. The second-order valence-corrected chi connectivity index (χ2v) is 7.73. The molecule has 1 aromatic carbocycles. The van der Waals surface area contributed by atoms with E-state index in [-0.39, 0.29) is 5.91 Å². The van der Waals surface area contributed by atoms with Gasteiger partial charge in [0.25, 0.3) is 5.91 Å². The molecule has 0 unspecified atom stereocenters. The normalized spacial score (nSPS) is 11.3. The average Bonchev–Trinajstić information content (AvgIpc) is 2.61. The lowest BCUT2D eigenvalue weighted by atomic mass is 9.92. The fourth-order valence-electron chi connectivity index (χ4n) is 2.96. The molecular weight excluding hydrogens is 336 g/mol. The van der Waals surface area contributed by atoms with Crippen LogP contribution in [0.4, 0.5) is 11.5 Å². The van der Waals surface area contributed by atoms with Crippen molar-refractivity contribution in [3.05, 3.63) is 53.2 Å². The largest absolute Gasteiger partial charge is 0.351 e. The minimum atomic E-state index is -0.0801. The molecule has 0 spiro atoms. The van der Waals surface area contributed by atoms with E-state index in [4.69, 9.17) is 0 Å². The zero-order chi connectivity index (χ0) is 20.0. The summed E-state index contributed by atoms with van der Waals surface area (Å²) in [5.41, 5.74) is 4.22. The molecule has 2 N–H and O–H groups in total. The Morgan fingerprint density at radius 1 is 1.07 bits per heavy atom. The number of likely N-dealkylation sites (N-methyl/N-ethyl adjacent to an activating group) is 1. The van der Waals surface area contributed by atoms with Crippen molar-refractivity contribution in [3.8, 4) is 0 Å². The van der Waals surface area contributed by atoms with Gasteiger partial charge in [-0.25, -0.2) is 4.98 Å². The van der Waals surface area contributed by atoms with E-state index < -0.39 is 0 Å². The van der Waals surface area contributed by atoms with Gasteiger partial charge in [0.05, 0.1) is 0 Å². The highest BCUT2D eigenvalue weighted by Crippen LogP contribution is 2.34. The molecule has 146 valence electrons. The predicted octanol–water partition coefficient (Wildman–Crippen LogP) is 4.36. The first-order valence-corrected chi connectivity index (χ1v) is 9.58. The van der Waals surface area contributed by atoms with E-state index >= 15 is 0 Å². The summed E-state index contributed by atoms with van der Waals surface area (Å²) >= 11 is 0. The topological polar surface area (TPSA) is 57.3 Å². The molecule has 0 radical (unpaired) electrons. The van der Waals surface area contributed by atoms with E-state index in [1.54, 1.807) is 12.3 Å². The number of pyridine rings is 1. The molecule has 2 rings (SSSR count). The fourth-order valence-corrected chi connectivity index (χ4v) is 2.96. The molecular formula is C22H32N4O. The highest BCUT2D eigenvalue weighted by atomic mass is 16.1. The second-order valence-electron chi connectivity index (χ2n) is 7.73. The minimum absolute atomic E-state index is 0.0801. The summed E-state index contributed by atoms with van der Waals surface area (Å²) in [7, 11) is 3.97. The molecule has 0 saturated heterocycles. The fraction of sp³-hybridized carbons (Fsp3) is 0.455. The number of aromatic nitrogens is 1. The molecule has 0 saturated carbocycles. The highest BCUT2D eigenvalue weighted by molar-refractivity contribution is 5.95. The Morgan fingerprint density at radius 2 is 1.70 bits per heavy atom. The van der Waals surface area contributed by atoms with Crippen LogP contribution in [-0.4, -0.2) is 43.0 Å². The first-order valence-electron chi connectivity index (χ1n) is 9.58. The van der Waals surface area contributed by atoms with Gasteiger partial charge in [-0.15, -0.1) is 0 Å². The monoisotopic (exact) mass is 368 g/mol. The van der Waals surface area contributed by atoms with E-state index in [0.717, 1.165) is 12.2 Å². The number of nitrogens with zero attached hydrogens (tertiary/aromatic N) is 2. The van der Waals surface area contributed by atoms with E-state index in [2.05, 4.69) is 61.5 Å². The quantitative estimate of drug-likeness (QED) is 0.727. The zero-order valence-electron chi connectivity index (χ0n) is 17.3. The number of anilines is 2.